The Labute approximate surface area is 134 Å². The van der Waals surface area contributed by atoms with Crippen LogP contribution in [-0.4, -0.2) is 53.8 Å². The Morgan fingerprint density at radius 1 is 1.43 bits per heavy atom. The third kappa shape index (κ3) is 3.44. The molecule has 2 aliphatic rings. The van der Waals surface area contributed by atoms with Crippen molar-refractivity contribution < 1.29 is 19.1 Å². The molecule has 7 heteroatoms. The largest absolute Gasteiger partial charge is 0.466 e. The Hall–Kier alpha value is -2.15. The number of ether oxygens (including phenoxy) is 2. The highest BCUT2D eigenvalue weighted by Crippen LogP contribution is 2.31. The van der Waals surface area contributed by atoms with Crippen molar-refractivity contribution in [1.82, 2.24) is 15.1 Å². The Kier molecular flexibility index (Phi) is 4.76. The van der Waals surface area contributed by atoms with Crippen LogP contribution < -0.4 is 0 Å². The minimum absolute atomic E-state index is 0.166. The Morgan fingerprint density at radius 2 is 2.30 bits per heavy atom. The molecule has 0 bridgehead atoms. The number of hydrogen-bond acceptors (Lipinski definition) is 5. The summed E-state index contributed by atoms with van der Waals surface area (Å²) in [7, 11) is 1.29. The molecule has 0 radical (unpaired) electrons. The monoisotopic (exact) mass is 319 g/mol. The number of likely N-dealkylation sites (tertiary alicyclic amines) is 1. The predicted octanol–water partition coefficient (Wildman–Crippen LogP) is 0.918. The third-order valence-electron chi connectivity index (χ3n) is 4.41. The number of methoxy groups -OCH3 is 1. The zero-order valence-corrected chi connectivity index (χ0v) is 13.2. The molecule has 0 saturated carbocycles. The summed E-state index contributed by atoms with van der Waals surface area (Å²) in [6, 6.07) is 0. The number of H-pyrrole nitrogens is 1. The van der Waals surface area contributed by atoms with E-state index in [9.17, 15) is 9.59 Å². The van der Waals surface area contributed by atoms with Crippen molar-refractivity contribution in [1.29, 1.82) is 0 Å². The van der Waals surface area contributed by atoms with Crippen molar-refractivity contribution >= 4 is 11.9 Å². The number of aromatic amines is 1. The van der Waals surface area contributed by atoms with Crippen molar-refractivity contribution in [2.75, 3.05) is 26.8 Å². The van der Waals surface area contributed by atoms with Crippen molar-refractivity contribution in [2.45, 2.75) is 31.8 Å². The second-order valence-corrected chi connectivity index (χ2v) is 5.85. The van der Waals surface area contributed by atoms with E-state index in [0.29, 0.717) is 19.7 Å². The van der Waals surface area contributed by atoms with Crippen LogP contribution in [0.5, 0.6) is 0 Å². The van der Waals surface area contributed by atoms with Gasteiger partial charge < -0.3 is 14.4 Å². The Bertz CT molecular complexity index is 623. The first-order valence-corrected chi connectivity index (χ1v) is 7.87. The Morgan fingerprint density at radius 3 is 3.13 bits per heavy atom. The van der Waals surface area contributed by atoms with Crippen LogP contribution in [0.15, 0.2) is 12.2 Å². The molecule has 0 aromatic carbocycles. The fourth-order valence-electron chi connectivity index (χ4n) is 3.18. The summed E-state index contributed by atoms with van der Waals surface area (Å²) in [6.45, 7) is 2.63. The van der Waals surface area contributed by atoms with Gasteiger partial charge in [0.2, 0.25) is 5.91 Å². The molecule has 1 amide bonds. The van der Waals surface area contributed by atoms with Gasteiger partial charge in [-0.3, -0.25) is 9.89 Å². The topological polar surface area (TPSA) is 84.5 Å². The molecule has 1 atom stereocenters. The number of amides is 1. The second kappa shape index (κ2) is 6.95. The van der Waals surface area contributed by atoms with Crippen LogP contribution in [-0.2, 0) is 32.1 Å². The van der Waals surface area contributed by atoms with E-state index in [1.807, 2.05) is 0 Å². The average Bonchev–Trinajstić information content (AvgIpc) is 3.03. The van der Waals surface area contributed by atoms with E-state index in [0.717, 1.165) is 48.9 Å². The van der Waals surface area contributed by atoms with Crippen LogP contribution >= 0.6 is 0 Å². The van der Waals surface area contributed by atoms with E-state index in [-0.39, 0.29) is 11.8 Å². The van der Waals surface area contributed by atoms with E-state index in [2.05, 4.69) is 14.9 Å². The van der Waals surface area contributed by atoms with Gasteiger partial charge in [-0.2, -0.15) is 5.10 Å². The highest BCUT2D eigenvalue weighted by atomic mass is 16.5. The molecule has 3 heterocycles. The number of carbonyl (C=O) groups is 2. The number of rotatable bonds is 3. The highest BCUT2D eigenvalue weighted by molar-refractivity contribution is 5.94. The molecule has 1 fully saturated rings. The first-order valence-electron chi connectivity index (χ1n) is 7.87. The van der Waals surface area contributed by atoms with Crippen LogP contribution in [0.2, 0.25) is 0 Å². The van der Waals surface area contributed by atoms with Gasteiger partial charge in [-0.05, 0) is 12.8 Å². The summed E-state index contributed by atoms with van der Waals surface area (Å²) in [5.41, 5.74) is 3.33. The minimum Gasteiger partial charge on any atom is -0.466 e. The number of hydrogen-bond donors (Lipinski definition) is 1. The number of piperidine rings is 1. The number of esters is 1. The molecule has 1 saturated heterocycles. The minimum atomic E-state index is -0.523. The van der Waals surface area contributed by atoms with E-state index in [4.69, 9.17) is 4.74 Å². The molecule has 1 N–H and O–H groups in total. The fraction of sp³-hybridized carbons (Fsp3) is 0.562. The molecule has 0 aliphatic carbocycles. The van der Waals surface area contributed by atoms with Gasteiger partial charge in [-0.25, -0.2) is 4.79 Å². The van der Waals surface area contributed by atoms with Gasteiger partial charge in [0.25, 0.3) is 0 Å². The molecule has 0 spiro atoms. The van der Waals surface area contributed by atoms with Gasteiger partial charge in [-0.15, -0.1) is 0 Å². The van der Waals surface area contributed by atoms with Gasteiger partial charge in [0.15, 0.2) is 0 Å². The van der Waals surface area contributed by atoms with E-state index in [1.165, 1.54) is 13.2 Å². The van der Waals surface area contributed by atoms with E-state index >= 15 is 0 Å². The van der Waals surface area contributed by atoms with Crippen LogP contribution in [0.25, 0.3) is 0 Å². The summed E-state index contributed by atoms with van der Waals surface area (Å²) in [6.07, 6.45) is 5.22. The van der Waals surface area contributed by atoms with Crippen molar-refractivity contribution in [3.8, 4) is 0 Å². The molecule has 124 valence electrons. The maximum atomic E-state index is 12.2. The van der Waals surface area contributed by atoms with Gasteiger partial charge in [0.05, 0.1) is 26.0 Å². The SMILES string of the molecule is COC(=O)/C=C/C(=O)N1CCCC(c2n[nH]c3c2COCC3)C1. The fourth-order valence-corrected chi connectivity index (χ4v) is 3.18. The number of nitrogens with one attached hydrogen (secondary N) is 1. The van der Waals surface area contributed by atoms with E-state index < -0.39 is 5.97 Å². The van der Waals surface area contributed by atoms with E-state index in [1.54, 1.807) is 4.90 Å². The number of fused-ring (bicyclic) bond motifs is 1. The summed E-state index contributed by atoms with van der Waals surface area (Å²) in [5, 5.41) is 7.57. The lowest BCUT2D eigenvalue weighted by Gasteiger charge is -2.32. The van der Waals surface area contributed by atoms with Crippen LogP contribution in [0, 0.1) is 0 Å². The molecule has 7 nitrogen and oxygen atoms in total. The molecule has 1 aromatic heterocycles. The summed E-state index contributed by atoms with van der Waals surface area (Å²) in [5.74, 6) is -0.480. The smallest absolute Gasteiger partial charge is 0.330 e. The standard InChI is InChI=1S/C16H21N3O4/c1-22-15(21)5-4-14(20)19-7-2-3-11(9-19)16-12-10-23-8-6-13(12)17-18-16/h4-5,11H,2-3,6-10H2,1H3,(H,17,18)/b5-4+. The molecular formula is C16H21N3O4. The van der Waals surface area contributed by atoms with Gasteiger partial charge >= 0.3 is 5.97 Å². The maximum Gasteiger partial charge on any atom is 0.330 e. The summed E-state index contributed by atoms with van der Waals surface area (Å²) >= 11 is 0. The molecule has 1 unspecified atom stereocenters. The lowest BCUT2D eigenvalue weighted by molar-refractivity contribution is -0.135. The highest BCUT2D eigenvalue weighted by Gasteiger charge is 2.29. The lowest BCUT2D eigenvalue weighted by atomic mass is 9.91. The average molecular weight is 319 g/mol. The first kappa shape index (κ1) is 15.7. The van der Waals surface area contributed by atoms with Gasteiger partial charge in [0.1, 0.15) is 0 Å². The molecular weight excluding hydrogens is 298 g/mol. The normalized spacial score (nSPS) is 21.3. The van der Waals surface area contributed by atoms with Gasteiger partial charge in [-0.1, -0.05) is 0 Å². The van der Waals surface area contributed by atoms with Crippen LogP contribution in [0.1, 0.15) is 35.7 Å². The van der Waals surface area contributed by atoms with Crippen LogP contribution in [0.3, 0.4) is 0 Å². The number of aromatic nitrogens is 2. The van der Waals surface area contributed by atoms with Crippen molar-refractivity contribution in [3.05, 3.63) is 29.1 Å². The number of carbonyl (C=O) groups excluding carboxylic acids is 2. The predicted molar refractivity (Wildman–Crippen MR) is 81.7 cm³/mol. The van der Waals surface area contributed by atoms with Crippen molar-refractivity contribution in [2.24, 2.45) is 0 Å². The first-order chi connectivity index (χ1) is 11.2. The summed E-state index contributed by atoms with van der Waals surface area (Å²) < 4.78 is 10.0. The zero-order chi connectivity index (χ0) is 16.2. The Balaban J connectivity index is 1.69. The van der Waals surface area contributed by atoms with Gasteiger partial charge in [0, 0.05) is 48.8 Å². The molecule has 3 rings (SSSR count). The molecule has 23 heavy (non-hydrogen) atoms. The molecule has 1 aromatic rings. The zero-order valence-electron chi connectivity index (χ0n) is 13.2. The second-order valence-electron chi connectivity index (χ2n) is 5.85. The van der Waals surface area contributed by atoms with Crippen molar-refractivity contribution in [3.63, 3.8) is 0 Å². The number of nitrogens with zero attached hydrogens (tertiary/aromatic N) is 2. The molecule has 2 aliphatic heterocycles. The lowest BCUT2D eigenvalue weighted by Crippen LogP contribution is -2.38. The summed E-state index contributed by atoms with van der Waals surface area (Å²) in [4.78, 5) is 25.1. The maximum absolute atomic E-state index is 12.2. The van der Waals surface area contributed by atoms with Crippen LogP contribution in [0.4, 0.5) is 0 Å². The third-order valence-corrected chi connectivity index (χ3v) is 4.41. The quantitative estimate of drug-likeness (QED) is 0.661.